The van der Waals surface area contributed by atoms with Crippen molar-refractivity contribution in [2.45, 2.75) is 6.42 Å². The molecule has 1 aromatic rings. The van der Waals surface area contributed by atoms with Crippen molar-refractivity contribution in [1.29, 1.82) is 5.26 Å². The zero-order valence-corrected chi connectivity index (χ0v) is 12.3. The largest absolute Gasteiger partial charge is 0.324 e. The van der Waals surface area contributed by atoms with Crippen LogP contribution in [0.4, 0.5) is 5.69 Å². The molecule has 1 rings (SSSR count). The van der Waals surface area contributed by atoms with Gasteiger partial charge in [-0.25, -0.2) is 0 Å². The second-order valence-corrected chi connectivity index (χ2v) is 5.10. The molecule has 3 nitrogen and oxygen atoms in total. The summed E-state index contributed by atoms with van der Waals surface area (Å²) >= 11 is 18.3. The Morgan fingerprint density at radius 1 is 1.44 bits per heavy atom. The molecule has 0 aromatic heterocycles. The van der Waals surface area contributed by atoms with E-state index in [1.165, 1.54) is 6.07 Å². The molecule has 0 heterocycles. The van der Waals surface area contributed by atoms with Gasteiger partial charge in [-0.15, -0.1) is 0 Å². The normalized spacial score (nSPS) is 9.69. The van der Waals surface area contributed by atoms with Crippen molar-refractivity contribution in [3.8, 4) is 6.07 Å². The third-order valence-electron chi connectivity index (χ3n) is 1.62. The summed E-state index contributed by atoms with van der Waals surface area (Å²) in [6.07, 6.45) is -0.224. The monoisotopic (exact) mass is 384 g/mol. The molecular weight excluding hydrogens is 383 g/mol. The average molecular weight is 387 g/mol. The van der Waals surface area contributed by atoms with E-state index in [1.54, 1.807) is 6.07 Å². The predicted octanol–water partition coefficient (Wildman–Crippen LogP) is 4.37. The molecule has 0 unspecified atom stereocenters. The summed E-state index contributed by atoms with van der Waals surface area (Å²) in [7, 11) is 0. The molecule has 0 aliphatic heterocycles. The summed E-state index contributed by atoms with van der Waals surface area (Å²) in [6.45, 7) is 0. The topological polar surface area (TPSA) is 52.9 Å². The van der Waals surface area contributed by atoms with Crippen LogP contribution in [0.2, 0.25) is 10.0 Å². The van der Waals surface area contributed by atoms with Gasteiger partial charge in [-0.3, -0.25) is 4.79 Å². The van der Waals surface area contributed by atoms with Crippen LogP contribution in [0, 0.1) is 11.3 Å². The lowest BCUT2D eigenvalue weighted by molar-refractivity contribution is -0.115. The minimum Gasteiger partial charge on any atom is -0.324 e. The van der Waals surface area contributed by atoms with Crippen molar-refractivity contribution in [1.82, 2.24) is 0 Å². The summed E-state index contributed by atoms with van der Waals surface area (Å²) < 4.78 is 1.05. The quantitative estimate of drug-likeness (QED) is 0.606. The Hall–Kier alpha value is -0.280. The van der Waals surface area contributed by atoms with E-state index >= 15 is 0 Å². The SMILES string of the molecule is N#CCC(=O)Nc1cc(Cl)c(Br)c(Cl)c1Br. The summed E-state index contributed by atoms with van der Waals surface area (Å²) in [4.78, 5) is 11.2. The van der Waals surface area contributed by atoms with Gasteiger partial charge in [-0.1, -0.05) is 23.2 Å². The highest BCUT2D eigenvalue weighted by Crippen LogP contribution is 2.41. The van der Waals surface area contributed by atoms with E-state index in [9.17, 15) is 4.79 Å². The number of hydrogen-bond donors (Lipinski definition) is 1. The molecule has 7 heteroatoms. The van der Waals surface area contributed by atoms with Crippen LogP contribution in [-0.4, -0.2) is 5.91 Å². The number of hydrogen-bond acceptors (Lipinski definition) is 2. The molecular formula is C9H4Br2Cl2N2O. The van der Waals surface area contributed by atoms with Crippen molar-refractivity contribution < 1.29 is 4.79 Å². The van der Waals surface area contributed by atoms with Gasteiger partial charge in [0.2, 0.25) is 5.91 Å². The first-order valence-corrected chi connectivity index (χ1v) is 6.31. The number of rotatable bonds is 2. The third kappa shape index (κ3) is 3.11. The first kappa shape index (κ1) is 13.8. The van der Waals surface area contributed by atoms with Crippen molar-refractivity contribution in [2.75, 3.05) is 5.32 Å². The lowest BCUT2D eigenvalue weighted by Gasteiger charge is -2.09. The summed E-state index contributed by atoms with van der Waals surface area (Å²) in [6, 6.07) is 3.28. The number of benzene rings is 1. The molecule has 0 bridgehead atoms. The van der Waals surface area contributed by atoms with E-state index in [2.05, 4.69) is 37.2 Å². The highest BCUT2D eigenvalue weighted by molar-refractivity contribution is 9.11. The molecule has 84 valence electrons. The standard InChI is InChI=1S/C9H4Br2Cl2N2O/c10-7-4(12)3-5(8(11)9(7)13)15-6(16)1-2-14/h3H,1H2,(H,15,16). The molecule has 1 N–H and O–H groups in total. The zero-order valence-electron chi connectivity index (χ0n) is 7.65. The maximum absolute atomic E-state index is 11.2. The Balaban J connectivity index is 3.07. The number of halogens is 4. The van der Waals surface area contributed by atoms with E-state index in [1.807, 2.05) is 0 Å². The van der Waals surface area contributed by atoms with Crippen molar-refractivity contribution in [3.63, 3.8) is 0 Å². The lowest BCUT2D eigenvalue weighted by atomic mass is 10.3. The van der Waals surface area contributed by atoms with Gasteiger partial charge < -0.3 is 5.32 Å². The fraction of sp³-hybridized carbons (Fsp3) is 0.111. The second-order valence-electron chi connectivity index (χ2n) is 2.73. The summed E-state index contributed by atoms with van der Waals surface area (Å²) in [5.41, 5.74) is 0.429. The first-order valence-electron chi connectivity index (χ1n) is 3.97. The Kier molecular flexibility index (Phi) is 5.06. The Morgan fingerprint density at radius 3 is 2.62 bits per heavy atom. The van der Waals surface area contributed by atoms with E-state index in [-0.39, 0.29) is 6.42 Å². The minimum atomic E-state index is -0.419. The number of carbonyl (C=O) groups is 1. The van der Waals surface area contributed by atoms with Crippen LogP contribution in [0.5, 0.6) is 0 Å². The maximum Gasteiger partial charge on any atom is 0.238 e. The fourth-order valence-electron chi connectivity index (χ4n) is 0.930. The van der Waals surface area contributed by atoms with Crippen LogP contribution in [-0.2, 0) is 4.79 Å². The van der Waals surface area contributed by atoms with E-state index in [0.717, 1.165) is 0 Å². The molecule has 0 saturated heterocycles. The number of anilines is 1. The van der Waals surface area contributed by atoms with Crippen LogP contribution >= 0.6 is 55.1 Å². The number of nitrogens with one attached hydrogen (secondary N) is 1. The summed E-state index contributed by atoms with van der Waals surface area (Å²) in [5, 5.41) is 11.6. The van der Waals surface area contributed by atoms with E-state index < -0.39 is 5.91 Å². The Labute approximate surface area is 119 Å². The second kappa shape index (κ2) is 5.87. The van der Waals surface area contributed by atoms with Crippen LogP contribution < -0.4 is 5.32 Å². The molecule has 0 spiro atoms. The molecule has 0 radical (unpaired) electrons. The van der Waals surface area contributed by atoms with Gasteiger partial charge in [0.05, 0.1) is 30.7 Å². The minimum absolute atomic E-state index is 0.224. The molecule has 1 amide bonds. The number of amides is 1. The van der Waals surface area contributed by atoms with Crippen LogP contribution in [0.1, 0.15) is 6.42 Å². The molecule has 0 saturated carbocycles. The van der Waals surface area contributed by atoms with Gasteiger partial charge in [0.15, 0.2) is 0 Å². The maximum atomic E-state index is 11.2. The predicted molar refractivity (Wildman–Crippen MR) is 70.7 cm³/mol. The third-order valence-corrected chi connectivity index (χ3v) is 4.62. The Morgan fingerprint density at radius 2 is 2.06 bits per heavy atom. The molecule has 0 fully saturated rings. The number of carbonyl (C=O) groups excluding carboxylic acids is 1. The average Bonchev–Trinajstić information content (AvgIpc) is 2.23. The molecule has 0 aliphatic carbocycles. The molecule has 16 heavy (non-hydrogen) atoms. The lowest BCUT2D eigenvalue weighted by Crippen LogP contribution is -2.10. The fourth-order valence-corrected chi connectivity index (χ4v) is 2.38. The van der Waals surface area contributed by atoms with E-state index in [0.29, 0.717) is 24.7 Å². The number of nitrogens with zero attached hydrogens (tertiary/aromatic N) is 1. The summed E-state index contributed by atoms with van der Waals surface area (Å²) in [5.74, 6) is -0.419. The van der Waals surface area contributed by atoms with Crippen LogP contribution in [0.3, 0.4) is 0 Å². The van der Waals surface area contributed by atoms with Crippen molar-refractivity contribution >= 4 is 66.7 Å². The van der Waals surface area contributed by atoms with Gasteiger partial charge >= 0.3 is 0 Å². The van der Waals surface area contributed by atoms with Crippen molar-refractivity contribution in [2.24, 2.45) is 0 Å². The smallest absolute Gasteiger partial charge is 0.238 e. The van der Waals surface area contributed by atoms with Gasteiger partial charge in [-0.05, 0) is 37.9 Å². The van der Waals surface area contributed by atoms with Crippen LogP contribution in [0.15, 0.2) is 15.0 Å². The van der Waals surface area contributed by atoms with Gasteiger partial charge in [-0.2, -0.15) is 5.26 Å². The van der Waals surface area contributed by atoms with Gasteiger partial charge in [0, 0.05) is 0 Å². The molecule has 0 aliphatic rings. The highest BCUT2D eigenvalue weighted by Gasteiger charge is 2.13. The zero-order chi connectivity index (χ0) is 12.3. The first-order chi connectivity index (χ1) is 7.47. The molecule has 0 atom stereocenters. The van der Waals surface area contributed by atoms with Gasteiger partial charge in [0.1, 0.15) is 6.42 Å². The van der Waals surface area contributed by atoms with E-state index in [4.69, 9.17) is 28.5 Å². The van der Waals surface area contributed by atoms with Crippen molar-refractivity contribution in [3.05, 3.63) is 25.1 Å². The highest BCUT2D eigenvalue weighted by atomic mass is 79.9. The molecule has 1 aromatic carbocycles. The number of nitriles is 1. The van der Waals surface area contributed by atoms with Crippen LogP contribution in [0.25, 0.3) is 0 Å². The van der Waals surface area contributed by atoms with Gasteiger partial charge in [0.25, 0.3) is 0 Å². The Bertz CT molecular complexity index is 485.